The molecule has 2 heterocycles. The summed E-state index contributed by atoms with van der Waals surface area (Å²) in [6, 6.07) is 18.9. The molecule has 0 spiro atoms. The van der Waals surface area contributed by atoms with Crippen molar-refractivity contribution in [1.82, 2.24) is 8.61 Å². The van der Waals surface area contributed by atoms with Gasteiger partial charge >= 0.3 is 0 Å². The van der Waals surface area contributed by atoms with Crippen molar-refractivity contribution in [3.05, 3.63) is 102 Å². The monoisotopic (exact) mass is 967 g/mol. The zero-order valence-corrected chi connectivity index (χ0v) is 40.1. The van der Waals surface area contributed by atoms with Gasteiger partial charge in [0.1, 0.15) is 15.5 Å². The molecule has 2 aliphatic heterocycles. The second-order valence-corrected chi connectivity index (χ2v) is 22.1. The van der Waals surface area contributed by atoms with Gasteiger partial charge in [-0.1, -0.05) is 151 Å². The lowest BCUT2D eigenvalue weighted by Gasteiger charge is -2.34. The van der Waals surface area contributed by atoms with E-state index in [-0.39, 0.29) is 54.7 Å². The number of amidine groups is 1. The Bertz CT molecular complexity index is 2700. The van der Waals surface area contributed by atoms with Crippen molar-refractivity contribution in [2.45, 2.75) is 130 Å². The maximum absolute atomic E-state index is 14.8. The predicted molar refractivity (Wildman–Crippen MR) is 254 cm³/mol. The fourth-order valence-corrected chi connectivity index (χ4v) is 12.3. The second-order valence-electron chi connectivity index (χ2n) is 16.3. The van der Waals surface area contributed by atoms with Crippen LogP contribution in [0.5, 0.6) is 5.75 Å². The molecule has 1 atom stereocenters. The van der Waals surface area contributed by atoms with Crippen LogP contribution in [0.3, 0.4) is 0 Å². The van der Waals surface area contributed by atoms with Crippen LogP contribution in [0.15, 0.2) is 111 Å². The van der Waals surface area contributed by atoms with Crippen LogP contribution in [0, 0.1) is 0 Å². The normalized spacial score (nSPS) is 15.5. The number of unbranched alkanes of at least 4 members (excludes halogenated alkanes) is 15. The molecule has 0 fully saturated rings. The first-order valence-electron chi connectivity index (χ1n) is 22.4. The van der Waals surface area contributed by atoms with Crippen LogP contribution >= 0.6 is 11.6 Å². The number of rotatable bonds is 25. The Balaban J connectivity index is 1.20. The van der Waals surface area contributed by atoms with Crippen molar-refractivity contribution in [3.63, 3.8) is 0 Å². The molecular formula is C47H58ClN5O9S3. The second kappa shape index (κ2) is 22.5. The number of hydrogen-bond acceptors (Lipinski definition) is 10. The smallest absolute Gasteiger partial charge is 0.270 e. The van der Waals surface area contributed by atoms with E-state index < -0.39 is 53.8 Å². The van der Waals surface area contributed by atoms with Gasteiger partial charge in [0, 0.05) is 7.05 Å². The summed E-state index contributed by atoms with van der Waals surface area (Å²) in [4.78, 5) is 32.4. The quantitative estimate of drug-likeness (QED) is 0.0609. The number of fused-ring (bicyclic) bond motifs is 2. The first-order valence-corrected chi connectivity index (χ1v) is 27.1. The minimum absolute atomic E-state index is 0.0468. The number of sulfonamides is 3. The fraction of sp³-hybridized carbons (Fsp3) is 0.426. The Labute approximate surface area is 389 Å². The first-order chi connectivity index (χ1) is 31.2. The van der Waals surface area contributed by atoms with Gasteiger partial charge in [-0.3, -0.25) is 18.6 Å². The zero-order chi connectivity index (χ0) is 46.6. The molecule has 18 heteroatoms. The molecule has 65 heavy (non-hydrogen) atoms. The van der Waals surface area contributed by atoms with E-state index >= 15 is 0 Å². The van der Waals surface area contributed by atoms with Gasteiger partial charge in [0.05, 0.1) is 39.2 Å². The third-order valence-electron chi connectivity index (χ3n) is 11.5. The van der Waals surface area contributed by atoms with Crippen molar-refractivity contribution < 1.29 is 39.6 Å². The number of ether oxygens (including phenoxy) is 1. The molecule has 6 rings (SSSR count). The number of carbonyl (C=O) groups is 2. The number of para-hydroxylation sites is 2. The molecule has 0 aromatic heterocycles. The highest BCUT2D eigenvalue weighted by Gasteiger charge is 2.52. The first kappa shape index (κ1) is 49.5. The van der Waals surface area contributed by atoms with Crippen LogP contribution in [-0.2, 0) is 34.9 Å². The Kier molecular flexibility index (Phi) is 17.1. The number of amides is 2. The Morgan fingerprint density at radius 2 is 1.26 bits per heavy atom. The Morgan fingerprint density at radius 3 is 1.88 bits per heavy atom. The van der Waals surface area contributed by atoms with Crippen LogP contribution in [0.25, 0.3) is 0 Å². The van der Waals surface area contributed by atoms with E-state index in [0.29, 0.717) is 15.0 Å². The SMILES string of the molecule is CCCCCCCCCCCCCCCCCCOc1ccc(S(=O)(=O)Nc2ccccc2Cl)cc1NC(=O)C(C1=Nc2ccccc2S(=O)(=O)N1C)N1C(=O)c2ccccc2S1(=O)=O. The molecule has 0 bridgehead atoms. The van der Waals surface area contributed by atoms with E-state index in [4.69, 9.17) is 16.3 Å². The summed E-state index contributed by atoms with van der Waals surface area (Å²) < 4.78 is 93.1. The largest absolute Gasteiger partial charge is 0.491 e. The molecule has 0 saturated carbocycles. The molecule has 350 valence electrons. The molecule has 2 aliphatic rings. The third kappa shape index (κ3) is 11.9. The van der Waals surface area contributed by atoms with E-state index in [1.54, 1.807) is 12.1 Å². The Hall–Kier alpha value is -4.97. The number of hydrogen-bond donors (Lipinski definition) is 2. The number of nitrogens with one attached hydrogen (secondary N) is 2. The summed E-state index contributed by atoms with van der Waals surface area (Å²) in [7, 11) is -12.4. The molecule has 14 nitrogen and oxygen atoms in total. The highest BCUT2D eigenvalue weighted by atomic mass is 35.5. The van der Waals surface area contributed by atoms with Crippen LogP contribution in [-0.4, -0.2) is 71.2 Å². The summed E-state index contributed by atoms with van der Waals surface area (Å²) in [6.45, 7) is 2.44. The minimum atomic E-state index is -4.77. The number of carbonyl (C=O) groups excluding carboxylic acids is 2. The van der Waals surface area contributed by atoms with Gasteiger partial charge in [-0.25, -0.2) is 34.6 Å². The van der Waals surface area contributed by atoms with Gasteiger partial charge in [-0.05, 0) is 61.0 Å². The average molecular weight is 969 g/mol. The van der Waals surface area contributed by atoms with Crippen molar-refractivity contribution in [2.75, 3.05) is 23.7 Å². The van der Waals surface area contributed by atoms with E-state index in [1.807, 2.05) is 0 Å². The van der Waals surface area contributed by atoms with Gasteiger partial charge < -0.3 is 10.1 Å². The number of likely N-dealkylation sites (N-methyl/N-ethyl adjacent to an activating group) is 1. The van der Waals surface area contributed by atoms with Gasteiger partial charge in [0.2, 0.25) is 0 Å². The summed E-state index contributed by atoms with van der Waals surface area (Å²) in [6.07, 6.45) is 19.1. The molecule has 1 unspecified atom stereocenters. The molecular weight excluding hydrogens is 910 g/mol. The number of halogens is 1. The van der Waals surface area contributed by atoms with Gasteiger partial charge in [0.25, 0.3) is 41.9 Å². The van der Waals surface area contributed by atoms with E-state index in [1.165, 1.54) is 143 Å². The summed E-state index contributed by atoms with van der Waals surface area (Å²) >= 11 is 6.26. The number of nitrogens with zero attached hydrogens (tertiary/aromatic N) is 3. The van der Waals surface area contributed by atoms with Gasteiger partial charge in [-0.2, -0.15) is 0 Å². The number of benzene rings is 4. The number of aliphatic imine (C=N–C) groups is 1. The van der Waals surface area contributed by atoms with Crippen LogP contribution in [0.2, 0.25) is 5.02 Å². The maximum atomic E-state index is 14.8. The highest BCUT2D eigenvalue weighted by molar-refractivity contribution is 7.92. The highest BCUT2D eigenvalue weighted by Crippen LogP contribution is 2.38. The Morgan fingerprint density at radius 1 is 0.708 bits per heavy atom. The zero-order valence-electron chi connectivity index (χ0n) is 36.9. The van der Waals surface area contributed by atoms with Gasteiger partial charge in [-0.15, -0.1) is 0 Å². The van der Waals surface area contributed by atoms with Crippen LogP contribution < -0.4 is 14.8 Å². The lowest BCUT2D eigenvalue weighted by molar-refractivity contribution is -0.117. The van der Waals surface area contributed by atoms with E-state index in [0.717, 1.165) is 38.8 Å². The lowest BCUT2D eigenvalue weighted by Crippen LogP contribution is -2.57. The van der Waals surface area contributed by atoms with E-state index in [2.05, 4.69) is 22.0 Å². The standard InChI is InChI=1S/C47H58ClN5O9S3/c1-3-4-5-6-7-8-9-10-11-12-13-14-15-16-17-24-33-62-41-32-31-35(63(56,57)51-38-27-20-19-26-37(38)48)34-40(41)50-46(54)44(53-47(55)36-25-18-22-29-42(36)65(53,60)61)45-49-39-28-21-23-30-43(39)64(58,59)52(45)2/h18-23,25-32,34,44,51H,3-17,24,33H2,1-2H3,(H,50,54). The predicted octanol–water partition coefficient (Wildman–Crippen LogP) is 10.3. The number of anilines is 2. The fourth-order valence-electron chi connectivity index (χ4n) is 7.93. The molecule has 0 saturated heterocycles. The van der Waals surface area contributed by atoms with Crippen molar-refractivity contribution in [1.29, 1.82) is 0 Å². The average Bonchev–Trinajstić information content (AvgIpc) is 3.48. The molecule has 4 aromatic rings. The summed E-state index contributed by atoms with van der Waals surface area (Å²) in [5, 5.41) is 2.73. The maximum Gasteiger partial charge on any atom is 0.270 e. The third-order valence-corrected chi connectivity index (χ3v) is 16.8. The summed E-state index contributed by atoms with van der Waals surface area (Å²) in [5.74, 6) is -2.85. The molecule has 2 N–H and O–H groups in total. The molecule has 2 amide bonds. The van der Waals surface area contributed by atoms with E-state index in [9.17, 15) is 34.8 Å². The molecule has 0 radical (unpaired) electrons. The molecule has 0 aliphatic carbocycles. The van der Waals surface area contributed by atoms with Crippen molar-refractivity contribution in [2.24, 2.45) is 4.99 Å². The lowest BCUT2D eigenvalue weighted by atomic mass is 10.0. The van der Waals surface area contributed by atoms with Crippen molar-refractivity contribution in [3.8, 4) is 5.75 Å². The van der Waals surface area contributed by atoms with Crippen LogP contribution in [0.1, 0.15) is 120 Å². The summed E-state index contributed by atoms with van der Waals surface area (Å²) in [5.41, 5.74) is -0.404. The van der Waals surface area contributed by atoms with Gasteiger partial charge in [0.15, 0.2) is 11.9 Å². The minimum Gasteiger partial charge on any atom is -0.491 e. The van der Waals surface area contributed by atoms with Crippen molar-refractivity contribution >= 4 is 76.4 Å². The topological polar surface area (TPSA) is 189 Å². The molecule has 4 aromatic carbocycles. The van der Waals surface area contributed by atoms with Crippen LogP contribution in [0.4, 0.5) is 17.1 Å².